The summed E-state index contributed by atoms with van der Waals surface area (Å²) in [6.45, 7) is 8.49. The zero-order valence-corrected chi connectivity index (χ0v) is 11.4. The lowest BCUT2D eigenvalue weighted by Crippen LogP contribution is -2.57. The molecule has 18 heavy (non-hydrogen) atoms. The SMILES string of the molecule is C=C[C@H](OCOC)[C@H](CO)N(C(=O)O)C(C)(C)C. The lowest BCUT2D eigenvalue weighted by molar-refractivity contribution is -0.0951. The number of hydrogen-bond donors (Lipinski definition) is 2. The van der Waals surface area contributed by atoms with Crippen LogP contribution >= 0.6 is 0 Å². The summed E-state index contributed by atoms with van der Waals surface area (Å²) in [5.74, 6) is 0. The average molecular weight is 261 g/mol. The molecular weight excluding hydrogens is 238 g/mol. The van der Waals surface area contributed by atoms with Gasteiger partial charge in [-0.1, -0.05) is 6.08 Å². The molecule has 0 aliphatic rings. The van der Waals surface area contributed by atoms with Crippen LogP contribution in [0.3, 0.4) is 0 Å². The molecule has 6 nitrogen and oxygen atoms in total. The van der Waals surface area contributed by atoms with Gasteiger partial charge in [0, 0.05) is 12.6 Å². The molecule has 1 amide bonds. The molecule has 0 heterocycles. The summed E-state index contributed by atoms with van der Waals surface area (Å²) in [4.78, 5) is 12.5. The fourth-order valence-electron chi connectivity index (χ4n) is 1.74. The molecule has 6 heteroatoms. The van der Waals surface area contributed by atoms with Crippen LogP contribution < -0.4 is 0 Å². The largest absolute Gasteiger partial charge is 0.465 e. The van der Waals surface area contributed by atoms with Gasteiger partial charge in [0.2, 0.25) is 0 Å². The summed E-state index contributed by atoms with van der Waals surface area (Å²) in [5, 5.41) is 18.7. The second-order valence-corrected chi connectivity index (χ2v) is 4.85. The van der Waals surface area contributed by atoms with Gasteiger partial charge in [-0.2, -0.15) is 0 Å². The Morgan fingerprint density at radius 3 is 2.33 bits per heavy atom. The van der Waals surface area contributed by atoms with E-state index in [9.17, 15) is 15.0 Å². The van der Waals surface area contributed by atoms with E-state index >= 15 is 0 Å². The molecular formula is C12H23NO5. The van der Waals surface area contributed by atoms with Crippen molar-refractivity contribution >= 4 is 6.09 Å². The van der Waals surface area contributed by atoms with E-state index in [1.807, 2.05) is 0 Å². The standard InChI is InChI=1S/C12H23NO5/c1-6-10(18-8-17-5)9(7-14)13(11(15)16)12(2,3)4/h6,9-10,14H,1,7-8H2,2-5H3,(H,15,16)/t9-,10-/m0/s1. The van der Waals surface area contributed by atoms with E-state index in [-0.39, 0.29) is 13.4 Å². The molecule has 106 valence electrons. The number of methoxy groups -OCH3 is 1. The first kappa shape index (κ1) is 16.9. The van der Waals surface area contributed by atoms with Crippen molar-refractivity contribution < 1.29 is 24.5 Å². The molecule has 0 unspecified atom stereocenters. The lowest BCUT2D eigenvalue weighted by Gasteiger charge is -2.41. The minimum atomic E-state index is -1.12. The second kappa shape index (κ2) is 7.35. The van der Waals surface area contributed by atoms with Crippen LogP contribution in [0.4, 0.5) is 4.79 Å². The van der Waals surface area contributed by atoms with Crippen LogP contribution in [0, 0.1) is 0 Å². The Hall–Kier alpha value is -1.11. The van der Waals surface area contributed by atoms with Crippen LogP contribution in [0.15, 0.2) is 12.7 Å². The Balaban J connectivity index is 5.09. The number of rotatable bonds is 7. The van der Waals surface area contributed by atoms with Crippen molar-refractivity contribution in [3.63, 3.8) is 0 Å². The molecule has 2 N–H and O–H groups in total. The van der Waals surface area contributed by atoms with E-state index in [1.54, 1.807) is 20.8 Å². The Kier molecular flexibility index (Phi) is 6.90. The molecule has 0 aromatic rings. The van der Waals surface area contributed by atoms with Crippen molar-refractivity contribution in [2.24, 2.45) is 0 Å². The second-order valence-electron chi connectivity index (χ2n) is 4.85. The van der Waals surface area contributed by atoms with Gasteiger partial charge in [0.05, 0.1) is 12.6 Å². The van der Waals surface area contributed by atoms with E-state index in [0.29, 0.717) is 0 Å². The number of carbonyl (C=O) groups is 1. The molecule has 0 saturated carbocycles. The van der Waals surface area contributed by atoms with Gasteiger partial charge in [-0.05, 0) is 20.8 Å². The molecule has 0 fully saturated rings. The van der Waals surface area contributed by atoms with Gasteiger partial charge in [-0.15, -0.1) is 6.58 Å². The lowest BCUT2D eigenvalue weighted by atomic mass is 10.0. The third kappa shape index (κ3) is 4.64. The van der Waals surface area contributed by atoms with Crippen molar-refractivity contribution in [3.8, 4) is 0 Å². The Bertz CT molecular complexity index is 274. The van der Waals surface area contributed by atoms with Crippen LogP contribution in [0.5, 0.6) is 0 Å². The molecule has 0 radical (unpaired) electrons. The van der Waals surface area contributed by atoms with Crippen molar-refractivity contribution in [2.45, 2.75) is 38.5 Å². The quantitative estimate of drug-likeness (QED) is 0.533. The minimum absolute atomic E-state index is 0.00475. The summed E-state index contributed by atoms with van der Waals surface area (Å²) in [7, 11) is 1.47. The maximum atomic E-state index is 11.3. The maximum absolute atomic E-state index is 11.3. The molecule has 0 aromatic heterocycles. The molecule has 0 aliphatic heterocycles. The summed E-state index contributed by atoms with van der Waals surface area (Å²) in [6, 6.07) is -0.727. The normalized spacial score (nSPS) is 14.9. The molecule has 0 bridgehead atoms. The highest BCUT2D eigenvalue weighted by molar-refractivity contribution is 5.66. The Morgan fingerprint density at radius 2 is 2.06 bits per heavy atom. The molecule has 0 spiro atoms. The first-order valence-electron chi connectivity index (χ1n) is 5.65. The minimum Gasteiger partial charge on any atom is -0.465 e. The van der Waals surface area contributed by atoms with E-state index in [0.717, 1.165) is 4.90 Å². The third-order valence-electron chi connectivity index (χ3n) is 2.44. The summed E-state index contributed by atoms with van der Waals surface area (Å²) in [6.07, 6.45) is -0.290. The fourth-order valence-corrected chi connectivity index (χ4v) is 1.74. The number of nitrogens with zero attached hydrogens (tertiary/aromatic N) is 1. The van der Waals surface area contributed by atoms with Crippen LogP contribution in [0.1, 0.15) is 20.8 Å². The average Bonchev–Trinajstić information content (AvgIpc) is 2.25. The predicted octanol–water partition coefficient (Wildman–Crippen LogP) is 1.30. The first-order chi connectivity index (χ1) is 8.29. The van der Waals surface area contributed by atoms with Crippen LogP contribution in [-0.2, 0) is 9.47 Å². The number of aliphatic hydroxyl groups is 1. The van der Waals surface area contributed by atoms with Gasteiger partial charge in [-0.25, -0.2) is 4.79 Å². The van der Waals surface area contributed by atoms with Gasteiger partial charge >= 0.3 is 6.09 Å². The molecule has 2 atom stereocenters. The van der Waals surface area contributed by atoms with Crippen molar-refractivity contribution in [2.75, 3.05) is 20.5 Å². The molecule has 0 aliphatic carbocycles. The highest BCUT2D eigenvalue weighted by atomic mass is 16.7. The van der Waals surface area contributed by atoms with Crippen molar-refractivity contribution in [3.05, 3.63) is 12.7 Å². The molecule has 0 saturated heterocycles. The van der Waals surface area contributed by atoms with Crippen LogP contribution in [0.2, 0.25) is 0 Å². The Labute approximate surface area is 108 Å². The smallest absolute Gasteiger partial charge is 0.408 e. The summed E-state index contributed by atoms with van der Waals surface area (Å²) in [5.41, 5.74) is -0.656. The Morgan fingerprint density at radius 1 is 1.50 bits per heavy atom. The topological polar surface area (TPSA) is 79.2 Å². The highest BCUT2D eigenvalue weighted by Crippen LogP contribution is 2.21. The highest BCUT2D eigenvalue weighted by Gasteiger charge is 2.36. The molecule has 0 rings (SSSR count). The monoisotopic (exact) mass is 261 g/mol. The van der Waals surface area contributed by atoms with Gasteiger partial charge in [0.25, 0.3) is 0 Å². The number of amides is 1. The summed E-state index contributed by atoms with van der Waals surface area (Å²) >= 11 is 0. The third-order valence-corrected chi connectivity index (χ3v) is 2.44. The maximum Gasteiger partial charge on any atom is 0.408 e. The van der Waals surface area contributed by atoms with Gasteiger partial charge in [0.15, 0.2) is 0 Å². The number of aliphatic hydroxyl groups excluding tert-OH is 1. The van der Waals surface area contributed by atoms with E-state index in [1.165, 1.54) is 13.2 Å². The number of ether oxygens (including phenoxy) is 2. The zero-order chi connectivity index (χ0) is 14.3. The predicted molar refractivity (Wildman–Crippen MR) is 67.4 cm³/mol. The zero-order valence-electron chi connectivity index (χ0n) is 11.4. The van der Waals surface area contributed by atoms with Crippen molar-refractivity contribution in [1.29, 1.82) is 0 Å². The van der Waals surface area contributed by atoms with Crippen LogP contribution in [-0.4, -0.2) is 59.4 Å². The van der Waals surface area contributed by atoms with Gasteiger partial charge in [-0.3, -0.25) is 4.90 Å². The summed E-state index contributed by atoms with van der Waals surface area (Å²) < 4.78 is 10.1. The first-order valence-corrected chi connectivity index (χ1v) is 5.65. The number of hydrogen-bond acceptors (Lipinski definition) is 4. The van der Waals surface area contributed by atoms with E-state index < -0.39 is 23.8 Å². The van der Waals surface area contributed by atoms with Crippen molar-refractivity contribution in [1.82, 2.24) is 4.90 Å². The van der Waals surface area contributed by atoms with Gasteiger partial charge in [0.1, 0.15) is 12.9 Å². The fraction of sp³-hybridized carbons (Fsp3) is 0.750. The van der Waals surface area contributed by atoms with E-state index in [2.05, 4.69) is 6.58 Å². The van der Waals surface area contributed by atoms with E-state index in [4.69, 9.17) is 9.47 Å². The number of carboxylic acid groups (broad SMARTS) is 1. The van der Waals surface area contributed by atoms with Crippen LogP contribution in [0.25, 0.3) is 0 Å². The molecule has 0 aromatic carbocycles. The van der Waals surface area contributed by atoms with Gasteiger partial charge < -0.3 is 19.7 Å².